The van der Waals surface area contributed by atoms with Gasteiger partial charge in [-0.05, 0) is 17.7 Å². The average Bonchev–Trinajstić information content (AvgIpc) is 2.34. The third kappa shape index (κ3) is 5.42. The topological polar surface area (TPSA) is 107 Å². The maximum atomic E-state index is 10.9. The molecule has 0 aliphatic rings. The summed E-state index contributed by atoms with van der Waals surface area (Å²) in [6.07, 6.45) is 0. The van der Waals surface area contributed by atoms with Crippen LogP contribution in [0.1, 0.15) is 15.9 Å². The molecule has 1 aromatic rings. The summed E-state index contributed by atoms with van der Waals surface area (Å²) in [5.41, 5.74) is 11.6. The van der Waals surface area contributed by atoms with Gasteiger partial charge in [0.1, 0.15) is 6.61 Å². The van der Waals surface area contributed by atoms with Crippen LogP contribution in [0.15, 0.2) is 24.3 Å². The van der Waals surface area contributed by atoms with Gasteiger partial charge in [0.25, 0.3) is 0 Å². The highest BCUT2D eigenvalue weighted by Gasteiger charge is 1.99. The van der Waals surface area contributed by atoms with Crippen molar-refractivity contribution in [2.45, 2.75) is 6.54 Å². The number of carbonyl (C=O) groups is 2. The van der Waals surface area contributed by atoms with Gasteiger partial charge < -0.3 is 21.5 Å². The van der Waals surface area contributed by atoms with Crippen molar-refractivity contribution in [2.75, 3.05) is 19.8 Å². The molecule has 0 heterocycles. The maximum Gasteiger partial charge on any atom is 0.248 e. The highest BCUT2D eigenvalue weighted by molar-refractivity contribution is 5.92. The minimum Gasteiger partial charge on any atom is -0.370 e. The van der Waals surface area contributed by atoms with Crippen molar-refractivity contribution in [3.05, 3.63) is 35.4 Å². The molecule has 0 aliphatic heterocycles. The second kappa shape index (κ2) is 7.41. The van der Waals surface area contributed by atoms with Crippen LogP contribution in [0.5, 0.6) is 0 Å². The zero-order valence-corrected chi connectivity index (χ0v) is 10.0. The number of carbonyl (C=O) groups excluding carboxylic acids is 2. The molecule has 1 rings (SSSR count). The van der Waals surface area contributed by atoms with Gasteiger partial charge in [-0.1, -0.05) is 12.1 Å². The lowest BCUT2D eigenvalue weighted by molar-refractivity contribution is -0.122. The van der Waals surface area contributed by atoms with Gasteiger partial charge in [0.05, 0.1) is 6.61 Å². The van der Waals surface area contributed by atoms with Crippen LogP contribution in [0.4, 0.5) is 0 Å². The highest BCUT2D eigenvalue weighted by Crippen LogP contribution is 2.03. The SMILES string of the molecule is NC(=O)COCCNCc1ccc(C(N)=O)cc1. The van der Waals surface area contributed by atoms with E-state index in [9.17, 15) is 9.59 Å². The van der Waals surface area contributed by atoms with Crippen LogP contribution in [0.2, 0.25) is 0 Å². The normalized spacial score (nSPS) is 10.2. The van der Waals surface area contributed by atoms with E-state index in [-0.39, 0.29) is 6.61 Å². The second-order valence-corrected chi connectivity index (χ2v) is 3.76. The number of nitrogens with two attached hydrogens (primary N) is 2. The summed E-state index contributed by atoms with van der Waals surface area (Å²) in [7, 11) is 0. The van der Waals surface area contributed by atoms with E-state index in [1.807, 2.05) is 12.1 Å². The molecule has 0 unspecified atom stereocenters. The Balaban J connectivity index is 2.19. The van der Waals surface area contributed by atoms with Crippen molar-refractivity contribution in [3.8, 4) is 0 Å². The number of primary amides is 2. The third-order valence-corrected chi connectivity index (χ3v) is 2.24. The molecule has 0 fully saturated rings. The van der Waals surface area contributed by atoms with E-state index in [0.717, 1.165) is 5.56 Å². The van der Waals surface area contributed by atoms with Crippen molar-refractivity contribution in [2.24, 2.45) is 11.5 Å². The Hall–Kier alpha value is -1.92. The standard InChI is InChI=1S/C12H17N3O3/c13-11(16)8-18-6-5-15-7-9-1-3-10(4-2-9)12(14)17/h1-4,15H,5-8H2,(H2,13,16)(H2,14,17). The average molecular weight is 251 g/mol. The summed E-state index contributed by atoms with van der Waals surface area (Å²) >= 11 is 0. The second-order valence-electron chi connectivity index (χ2n) is 3.76. The van der Waals surface area contributed by atoms with Crippen LogP contribution in [0, 0.1) is 0 Å². The lowest BCUT2D eigenvalue weighted by atomic mass is 10.1. The van der Waals surface area contributed by atoms with Crippen LogP contribution >= 0.6 is 0 Å². The summed E-state index contributed by atoms with van der Waals surface area (Å²) in [6.45, 7) is 1.63. The molecule has 0 aromatic heterocycles. The van der Waals surface area contributed by atoms with Crippen LogP contribution in [-0.4, -0.2) is 31.6 Å². The van der Waals surface area contributed by atoms with Crippen molar-refractivity contribution in [1.29, 1.82) is 0 Å². The zero-order valence-electron chi connectivity index (χ0n) is 10.0. The van der Waals surface area contributed by atoms with E-state index in [2.05, 4.69) is 5.32 Å². The molecule has 6 nitrogen and oxygen atoms in total. The molecule has 1 aromatic carbocycles. The van der Waals surface area contributed by atoms with Crippen LogP contribution < -0.4 is 16.8 Å². The number of ether oxygens (including phenoxy) is 1. The summed E-state index contributed by atoms with van der Waals surface area (Å²) < 4.78 is 4.99. The predicted molar refractivity (Wildman–Crippen MR) is 66.7 cm³/mol. The molecule has 0 bridgehead atoms. The lowest BCUT2D eigenvalue weighted by Crippen LogP contribution is -2.23. The Labute approximate surface area is 105 Å². The van der Waals surface area contributed by atoms with Gasteiger partial charge in [0.15, 0.2) is 0 Å². The highest BCUT2D eigenvalue weighted by atomic mass is 16.5. The van der Waals surface area contributed by atoms with Gasteiger partial charge in [-0.25, -0.2) is 0 Å². The van der Waals surface area contributed by atoms with Crippen LogP contribution in [0.3, 0.4) is 0 Å². The number of rotatable bonds is 8. The number of amides is 2. The van der Waals surface area contributed by atoms with E-state index in [0.29, 0.717) is 25.3 Å². The minimum absolute atomic E-state index is 0.0605. The fraction of sp³-hybridized carbons (Fsp3) is 0.333. The number of nitrogens with one attached hydrogen (secondary N) is 1. The summed E-state index contributed by atoms with van der Waals surface area (Å²) in [6, 6.07) is 7.03. The van der Waals surface area contributed by atoms with Crippen molar-refractivity contribution >= 4 is 11.8 Å². The molecule has 0 aliphatic carbocycles. The van der Waals surface area contributed by atoms with E-state index in [1.165, 1.54) is 0 Å². The zero-order chi connectivity index (χ0) is 13.4. The van der Waals surface area contributed by atoms with Crippen molar-refractivity contribution < 1.29 is 14.3 Å². The molecule has 0 radical (unpaired) electrons. The Kier molecular flexibility index (Phi) is 5.83. The van der Waals surface area contributed by atoms with Gasteiger partial charge >= 0.3 is 0 Å². The lowest BCUT2D eigenvalue weighted by Gasteiger charge is -2.05. The fourth-order valence-electron chi connectivity index (χ4n) is 1.34. The first kappa shape index (κ1) is 14.1. The molecule has 18 heavy (non-hydrogen) atoms. The molecule has 6 heteroatoms. The fourth-order valence-corrected chi connectivity index (χ4v) is 1.34. The quantitative estimate of drug-likeness (QED) is 0.535. The Morgan fingerprint density at radius 3 is 2.39 bits per heavy atom. The number of hydrogen-bond donors (Lipinski definition) is 3. The molecule has 2 amide bonds. The first-order chi connectivity index (χ1) is 8.59. The minimum atomic E-state index is -0.475. The van der Waals surface area contributed by atoms with Crippen molar-refractivity contribution in [1.82, 2.24) is 5.32 Å². The van der Waals surface area contributed by atoms with Crippen LogP contribution in [0.25, 0.3) is 0 Å². The Morgan fingerprint density at radius 1 is 1.17 bits per heavy atom. The Morgan fingerprint density at radius 2 is 1.83 bits per heavy atom. The van der Waals surface area contributed by atoms with Gasteiger partial charge in [0, 0.05) is 18.7 Å². The largest absolute Gasteiger partial charge is 0.370 e. The molecule has 0 saturated carbocycles. The maximum absolute atomic E-state index is 10.9. The summed E-state index contributed by atoms with van der Waals surface area (Å²) in [5.74, 6) is -0.911. The smallest absolute Gasteiger partial charge is 0.248 e. The summed E-state index contributed by atoms with van der Waals surface area (Å²) in [4.78, 5) is 21.2. The number of benzene rings is 1. The molecular weight excluding hydrogens is 234 g/mol. The van der Waals surface area contributed by atoms with Crippen molar-refractivity contribution in [3.63, 3.8) is 0 Å². The Bertz CT molecular complexity index is 404. The molecular formula is C12H17N3O3. The molecule has 5 N–H and O–H groups in total. The van der Waals surface area contributed by atoms with Gasteiger partial charge in [-0.3, -0.25) is 9.59 Å². The van der Waals surface area contributed by atoms with Gasteiger partial charge in [-0.2, -0.15) is 0 Å². The van der Waals surface area contributed by atoms with E-state index in [1.54, 1.807) is 12.1 Å². The molecule has 0 saturated heterocycles. The monoisotopic (exact) mass is 251 g/mol. The van der Waals surface area contributed by atoms with Gasteiger partial charge in [0.2, 0.25) is 11.8 Å². The third-order valence-electron chi connectivity index (χ3n) is 2.24. The van der Waals surface area contributed by atoms with E-state index >= 15 is 0 Å². The van der Waals surface area contributed by atoms with E-state index < -0.39 is 11.8 Å². The van der Waals surface area contributed by atoms with Crippen LogP contribution in [-0.2, 0) is 16.1 Å². The first-order valence-corrected chi connectivity index (χ1v) is 5.55. The molecule has 0 spiro atoms. The first-order valence-electron chi connectivity index (χ1n) is 5.55. The molecule has 0 atom stereocenters. The molecule has 98 valence electrons. The summed E-state index contributed by atoms with van der Waals surface area (Å²) in [5, 5.41) is 3.13. The number of hydrogen-bond acceptors (Lipinski definition) is 4. The van der Waals surface area contributed by atoms with Gasteiger partial charge in [-0.15, -0.1) is 0 Å². The predicted octanol–water partition coefficient (Wildman–Crippen LogP) is -0.623. The van der Waals surface area contributed by atoms with E-state index in [4.69, 9.17) is 16.2 Å².